The molecule has 0 aromatic carbocycles. The second-order valence-corrected chi connectivity index (χ2v) is 7.92. The average molecular weight is 373 g/mol. The fourth-order valence-corrected chi connectivity index (χ4v) is 3.93. The largest absolute Gasteiger partial charge is 0.345 e. The second kappa shape index (κ2) is 7.54. The van der Waals surface area contributed by atoms with Gasteiger partial charge in [-0.25, -0.2) is 4.79 Å². The van der Waals surface area contributed by atoms with Crippen LogP contribution in [0.4, 0.5) is 4.79 Å². The fraction of sp³-hybridized carbons (Fsp3) is 0.579. The van der Waals surface area contributed by atoms with Gasteiger partial charge in [-0.15, -0.1) is 0 Å². The van der Waals surface area contributed by atoms with E-state index in [2.05, 4.69) is 10.3 Å². The molecule has 1 aromatic rings. The molecule has 2 aliphatic heterocycles. The first-order valence-corrected chi connectivity index (χ1v) is 9.28. The van der Waals surface area contributed by atoms with Crippen LogP contribution in [-0.2, 0) is 4.79 Å². The van der Waals surface area contributed by atoms with Gasteiger partial charge in [0.15, 0.2) is 0 Å². The number of carbonyl (C=O) groups excluding carboxylic acids is 3. The highest BCUT2D eigenvalue weighted by molar-refractivity contribution is 5.94. The highest BCUT2D eigenvalue weighted by Gasteiger charge is 2.47. The molecule has 3 heterocycles. The Morgan fingerprint density at radius 3 is 2.48 bits per heavy atom. The first-order chi connectivity index (χ1) is 12.8. The Kier molecular flexibility index (Phi) is 5.34. The monoisotopic (exact) mass is 373 g/mol. The van der Waals surface area contributed by atoms with Gasteiger partial charge in [-0.2, -0.15) is 0 Å². The van der Waals surface area contributed by atoms with Crippen molar-refractivity contribution in [1.29, 1.82) is 0 Å². The van der Waals surface area contributed by atoms with E-state index in [1.807, 2.05) is 13.8 Å². The molecule has 1 N–H and O–H groups in total. The molecule has 0 saturated carbocycles. The van der Waals surface area contributed by atoms with Crippen LogP contribution in [0.25, 0.3) is 0 Å². The SMILES string of the molecule is CC(C)NC(=O)N1CCN(C(=O)c2cccnc2)C[C@]2(CC(=O)N(C)C2)C1. The van der Waals surface area contributed by atoms with Gasteiger partial charge in [0.25, 0.3) is 5.91 Å². The predicted octanol–water partition coefficient (Wildman–Crippen LogP) is 0.806. The number of amides is 4. The van der Waals surface area contributed by atoms with E-state index >= 15 is 0 Å². The van der Waals surface area contributed by atoms with Crippen molar-refractivity contribution in [2.45, 2.75) is 26.3 Å². The molecular formula is C19H27N5O3. The Morgan fingerprint density at radius 1 is 1.19 bits per heavy atom. The van der Waals surface area contributed by atoms with E-state index in [9.17, 15) is 14.4 Å². The lowest BCUT2D eigenvalue weighted by Gasteiger charge is -2.33. The Hall–Kier alpha value is -2.64. The Balaban J connectivity index is 1.85. The Bertz CT molecular complexity index is 723. The lowest BCUT2D eigenvalue weighted by molar-refractivity contribution is -0.126. The molecule has 0 aliphatic carbocycles. The van der Waals surface area contributed by atoms with E-state index in [1.54, 1.807) is 46.3 Å². The first kappa shape index (κ1) is 19.1. The van der Waals surface area contributed by atoms with E-state index in [-0.39, 0.29) is 23.9 Å². The van der Waals surface area contributed by atoms with Crippen LogP contribution in [-0.4, -0.2) is 83.3 Å². The van der Waals surface area contributed by atoms with Gasteiger partial charge >= 0.3 is 6.03 Å². The topological polar surface area (TPSA) is 85.9 Å². The normalized spacial score (nSPS) is 23.1. The zero-order chi connectivity index (χ0) is 19.6. The fourth-order valence-electron chi connectivity index (χ4n) is 3.93. The number of urea groups is 1. The van der Waals surface area contributed by atoms with Crippen LogP contribution < -0.4 is 5.32 Å². The number of carbonyl (C=O) groups is 3. The van der Waals surface area contributed by atoms with Crippen molar-refractivity contribution < 1.29 is 14.4 Å². The lowest BCUT2D eigenvalue weighted by Crippen LogP contribution is -2.49. The summed E-state index contributed by atoms with van der Waals surface area (Å²) < 4.78 is 0. The molecule has 8 nitrogen and oxygen atoms in total. The first-order valence-electron chi connectivity index (χ1n) is 9.28. The molecular weight excluding hydrogens is 346 g/mol. The summed E-state index contributed by atoms with van der Waals surface area (Å²) >= 11 is 0. The molecule has 3 rings (SSSR count). The molecule has 2 fully saturated rings. The highest BCUT2D eigenvalue weighted by atomic mass is 16.2. The molecule has 0 bridgehead atoms. The number of hydrogen-bond acceptors (Lipinski definition) is 4. The van der Waals surface area contributed by atoms with E-state index in [0.29, 0.717) is 44.7 Å². The minimum atomic E-state index is -0.450. The van der Waals surface area contributed by atoms with Crippen molar-refractivity contribution in [2.24, 2.45) is 5.41 Å². The second-order valence-electron chi connectivity index (χ2n) is 7.92. The summed E-state index contributed by atoms with van der Waals surface area (Å²) in [5, 5.41) is 2.92. The molecule has 1 aromatic heterocycles. The molecule has 146 valence electrons. The summed E-state index contributed by atoms with van der Waals surface area (Å²) in [4.78, 5) is 47.1. The summed E-state index contributed by atoms with van der Waals surface area (Å²) in [7, 11) is 1.77. The molecule has 1 spiro atoms. The number of nitrogens with one attached hydrogen (secondary N) is 1. The van der Waals surface area contributed by atoms with Gasteiger partial charge < -0.3 is 20.0 Å². The van der Waals surface area contributed by atoms with E-state index in [1.165, 1.54) is 0 Å². The molecule has 2 saturated heterocycles. The quantitative estimate of drug-likeness (QED) is 0.831. The van der Waals surface area contributed by atoms with Gasteiger partial charge in [0, 0.05) is 70.0 Å². The predicted molar refractivity (Wildman–Crippen MR) is 100 cm³/mol. The van der Waals surface area contributed by atoms with Crippen LogP contribution in [0.1, 0.15) is 30.6 Å². The van der Waals surface area contributed by atoms with Crippen LogP contribution in [0.5, 0.6) is 0 Å². The number of pyridine rings is 1. The van der Waals surface area contributed by atoms with Gasteiger partial charge in [0.05, 0.1) is 5.56 Å². The minimum Gasteiger partial charge on any atom is -0.345 e. The lowest BCUT2D eigenvalue weighted by atomic mass is 9.86. The number of hydrogen-bond donors (Lipinski definition) is 1. The third-order valence-corrected chi connectivity index (χ3v) is 5.11. The van der Waals surface area contributed by atoms with Gasteiger partial charge in [-0.1, -0.05) is 0 Å². The molecule has 1 atom stereocenters. The standard InChI is InChI=1S/C19H27N5O3/c1-14(2)21-18(27)24-8-7-23(17(26)15-5-4-6-20-10-15)12-19(13-24)9-16(25)22(3)11-19/h4-6,10,14H,7-9,11-13H2,1-3H3,(H,21,27)/t19-/m1/s1. The maximum Gasteiger partial charge on any atom is 0.317 e. The van der Waals surface area contributed by atoms with Crippen LogP contribution in [0, 0.1) is 5.41 Å². The minimum absolute atomic E-state index is 0.0257. The molecule has 2 aliphatic rings. The van der Waals surface area contributed by atoms with Crippen molar-refractivity contribution >= 4 is 17.8 Å². The van der Waals surface area contributed by atoms with Crippen molar-refractivity contribution in [2.75, 3.05) is 39.8 Å². The molecule has 8 heteroatoms. The Morgan fingerprint density at radius 2 is 1.89 bits per heavy atom. The van der Waals surface area contributed by atoms with E-state index in [4.69, 9.17) is 0 Å². The molecule has 0 unspecified atom stereocenters. The van der Waals surface area contributed by atoms with Gasteiger partial charge in [0.2, 0.25) is 5.91 Å². The van der Waals surface area contributed by atoms with Crippen LogP contribution >= 0.6 is 0 Å². The highest BCUT2D eigenvalue weighted by Crippen LogP contribution is 2.34. The maximum atomic E-state index is 13.0. The van der Waals surface area contributed by atoms with Crippen molar-refractivity contribution in [3.8, 4) is 0 Å². The zero-order valence-electron chi connectivity index (χ0n) is 16.1. The van der Waals surface area contributed by atoms with Gasteiger partial charge in [-0.3, -0.25) is 14.6 Å². The van der Waals surface area contributed by atoms with Crippen molar-refractivity contribution in [1.82, 2.24) is 25.0 Å². The molecule has 27 heavy (non-hydrogen) atoms. The van der Waals surface area contributed by atoms with Crippen LogP contribution in [0.2, 0.25) is 0 Å². The summed E-state index contributed by atoms with van der Waals surface area (Å²) in [6, 6.07) is 3.35. The third kappa shape index (κ3) is 4.20. The average Bonchev–Trinajstić information content (AvgIpc) is 2.79. The number of aromatic nitrogens is 1. The number of nitrogens with zero attached hydrogens (tertiary/aromatic N) is 4. The zero-order valence-corrected chi connectivity index (χ0v) is 16.1. The molecule has 4 amide bonds. The smallest absolute Gasteiger partial charge is 0.317 e. The number of rotatable bonds is 2. The van der Waals surface area contributed by atoms with Crippen LogP contribution in [0.15, 0.2) is 24.5 Å². The number of likely N-dealkylation sites (tertiary alicyclic amines) is 1. The third-order valence-electron chi connectivity index (χ3n) is 5.11. The summed E-state index contributed by atoms with van der Waals surface area (Å²) in [6.07, 6.45) is 3.52. The van der Waals surface area contributed by atoms with Crippen molar-refractivity contribution in [3.63, 3.8) is 0 Å². The van der Waals surface area contributed by atoms with E-state index < -0.39 is 5.41 Å². The maximum absolute atomic E-state index is 13.0. The summed E-state index contributed by atoms with van der Waals surface area (Å²) in [5.74, 6) is -0.0644. The van der Waals surface area contributed by atoms with Crippen LogP contribution in [0.3, 0.4) is 0 Å². The van der Waals surface area contributed by atoms with Crippen molar-refractivity contribution in [3.05, 3.63) is 30.1 Å². The molecule has 0 radical (unpaired) electrons. The van der Waals surface area contributed by atoms with Gasteiger partial charge in [0.1, 0.15) is 0 Å². The Labute approximate surface area is 159 Å². The van der Waals surface area contributed by atoms with Gasteiger partial charge in [-0.05, 0) is 26.0 Å². The summed E-state index contributed by atoms with van der Waals surface area (Å²) in [5.41, 5.74) is 0.0690. The van der Waals surface area contributed by atoms with E-state index in [0.717, 1.165) is 0 Å². The summed E-state index contributed by atoms with van der Waals surface area (Å²) in [6.45, 7) is 6.13.